The van der Waals surface area contributed by atoms with E-state index in [1.165, 1.54) is 11.3 Å². The highest BCUT2D eigenvalue weighted by Crippen LogP contribution is 2.22. The van der Waals surface area contributed by atoms with Crippen molar-refractivity contribution >= 4 is 27.3 Å². The SMILES string of the molecule is C=CCCOc1nnc(Br)s1. The van der Waals surface area contributed by atoms with Crippen LogP contribution in [0.2, 0.25) is 0 Å². The van der Waals surface area contributed by atoms with Gasteiger partial charge in [0.15, 0.2) is 3.92 Å². The van der Waals surface area contributed by atoms with Gasteiger partial charge in [0, 0.05) is 0 Å². The maximum absolute atomic E-state index is 5.21. The minimum Gasteiger partial charge on any atom is -0.469 e. The van der Waals surface area contributed by atoms with Crippen LogP contribution < -0.4 is 4.74 Å². The van der Waals surface area contributed by atoms with Crippen molar-refractivity contribution in [2.45, 2.75) is 6.42 Å². The lowest BCUT2D eigenvalue weighted by Gasteiger charge is -1.95. The van der Waals surface area contributed by atoms with Crippen LogP contribution in [0.1, 0.15) is 6.42 Å². The van der Waals surface area contributed by atoms with E-state index in [-0.39, 0.29) is 0 Å². The molecule has 0 atom stereocenters. The Balaban J connectivity index is 2.32. The first kappa shape index (κ1) is 8.67. The van der Waals surface area contributed by atoms with E-state index >= 15 is 0 Å². The lowest BCUT2D eigenvalue weighted by molar-refractivity contribution is 0.320. The third-order valence-corrected chi connectivity index (χ3v) is 2.20. The fourth-order valence-electron chi connectivity index (χ4n) is 0.481. The Morgan fingerprint density at radius 2 is 2.45 bits per heavy atom. The zero-order valence-corrected chi connectivity index (χ0v) is 8.19. The minimum atomic E-state index is 0.596. The molecule has 0 radical (unpaired) electrons. The molecular weight excluding hydrogens is 228 g/mol. The van der Waals surface area contributed by atoms with Gasteiger partial charge in [-0.3, -0.25) is 0 Å². The third-order valence-electron chi connectivity index (χ3n) is 0.929. The van der Waals surface area contributed by atoms with Crippen molar-refractivity contribution < 1.29 is 4.74 Å². The summed E-state index contributed by atoms with van der Waals surface area (Å²) in [5, 5.41) is 8.08. The standard InChI is InChI=1S/C6H7BrN2OS/c1-2-3-4-10-6-9-8-5(7)11-6/h2H,1,3-4H2. The molecule has 0 N–H and O–H groups in total. The molecule has 0 unspecified atom stereocenters. The molecule has 0 saturated heterocycles. The van der Waals surface area contributed by atoms with Crippen LogP contribution in [-0.2, 0) is 0 Å². The Bertz CT molecular complexity index is 238. The minimum absolute atomic E-state index is 0.596. The highest BCUT2D eigenvalue weighted by atomic mass is 79.9. The highest BCUT2D eigenvalue weighted by molar-refractivity contribution is 9.11. The van der Waals surface area contributed by atoms with Crippen LogP contribution in [-0.4, -0.2) is 16.8 Å². The first-order chi connectivity index (χ1) is 5.33. The Morgan fingerprint density at radius 3 is 3.00 bits per heavy atom. The van der Waals surface area contributed by atoms with E-state index in [0.29, 0.717) is 11.8 Å². The van der Waals surface area contributed by atoms with Crippen LogP contribution in [0.3, 0.4) is 0 Å². The summed E-state index contributed by atoms with van der Waals surface area (Å²) in [6.07, 6.45) is 2.63. The molecule has 0 amide bonds. The summed E-state index contributed by atoms with van der Waals surface area (Å²) in [5.74, 6) is 0. The fourth-order valence-corrected chi connectivity index (χ4v) is 1.43. The summed E-state index contributed by atoms with van der Waals surface area (Å²) in [4.78, 5) is 0. The van der Waals surface area contributed by atoms with Crippen molar-refractivity contribution in [3.05, 3.63) is 16.6 Å². The molecular formula is C6H7BrN2OS. The molecule has 0 aromatic carbocycles. The van der Waals surface area contributed by atoms with Crippen LogP contribution >= 0.6 is 27.3 Å². The van der Waals surface area contributed by atoms with E-state index in [4.69, 9.17) is 4.74 Å². The van der Waals surface area contributed by atoms with Gasteiger partial charge in [-0.1, -0.05) is 11.2 Å². The molecule has 1 aromatic rings. The van der Waals surface area contributed by atoms with Crippen molar-refractivity contribution in [1.82, 2.24) is 10.2 Å². The van der Waals surface area contributed by atoms with E-state index in [9.17, 15) is 0 Å². The van der Waals surface area contributed by atoms with Crippen LogP contribution in [0, 0.1) is 0 Å². The Morgan fingerprint density at radius 1 is 1.64 bits per heavy atom. The lowest BCUT2D eigenvalue weighted by atomic mass is 10.5. The summed E-state index contributed by atoms with van der Waals surface area (Å²) >= 11 is 4.56. The summed E-state index contributed by atoms with van der Waals surface area (Å²) in [6, 6.07) is 0. The van der Waals surface area contributed by atoms with Gasteiger partial charge >= 0.3 is 0 Å². The van der Waals surface area contributed by atoms with E-state index in [1.807, 2.05) is 0 Å². The molecule has 0 aliphatic rings. The van der Waals surface area contributed by atoms with Crippen LogP contribution in [0.25, 0.3) is 0 Å². The molecule has 1 aromatic heterocycles. The first-order valence-corrected chi connectivity index (χ1v) is 4.66. The van der Waals surface area contributed by atoms with Gasteiger partial charge in [-0.15, -0.1) is 11.7 Å². The van der Waals surface area contributed by atoms with Crippen LogP contribution in [0.15, 0.2) is 16.6 Å². The second-order valence-corrected chi connectivity index (χ2v) is 3.96. The summed E-state index contributed by atoms with van der Waals surface area (Å²) < 4.78 is 5.95. The molecule has 5 heteroatoms. The zero-order valence-electron chi connectivity index (χ0n) is 5.79. The van der Waals surface area contributed by atoms with E-state index in [2.05, 4.69) is 32.7 Å². The normalized spacial score (nSPS) is 9.55. The molecule has 0 saturated carbocycles. The van der Waals surface area contributed by atoms with Gasteiger partial charge in [0.05, 0.1) is 6.61 Å². The molecule has 1 rings (SSSR count). The first-order valence-electron chi connectivity index (χ1n) is 3.05. The lowest BCUT2D eigenvalue weighted by Crippen LogP contribution is -1.94. The number of rotatable bonds is 4. The van der Waals surface area contributed by atoms with Gasteiger partial charge in [-0.05, 0) is 33.7 Å². The molecule has 0 aliphatic heterocycles. The third kappa shape index (κ3) is 2.98. The maximum Gasteiger partial charge on any atom is 0.294 e. The van der Waals surface area contributed by atoms with Crippen LogP contribution in [0.5, 0.6) is 5.19 Å². The number of aromatic nitrogens is 2. The summed E-state index contributed by atoms with van der Waals surface area (Å²) in [7, 11) is 0. The highest BCUT2D eigenvalue weighted by Gasteiger charge is 1.99. The van der Waals surface area contributed by atoms with E-state index in [1.54, 1.807) is 6.08 Å². The van der Waals surface area contributed by atoms with Crippen molar-refractivity contribution in [3.8, 4) is 5.19 Å². The predicted molar refractivity (Wildman–Crippen MR) is 47.9 cm³/mol. The number of hydrogen-bond donors (Lipinski definition) is 0. The predicted octanol–water partition coefficient (Wildman–Crippen LogP) is 2.26. The Labute approximate surface area is 77.2 Å². The maximum atomic E-state index is 5.21. The number of ether oxygens (including phenoxy) is 1. The van der Waals surface area contributed by atoms with E-state index < -0.39 is 0 Å². The second kappa shape index (κ2) is 4.46. The van der Waals surface area contributed by atoms with E-state index in [0.717, 1.165) is 10.3 Å². The fraction of sp³-hybridized carbons (Fsp3) is 0.333. The van der Waals surface area contributed by atoms with Gasteiger partial charge in [-0.2, -0.15) is 0 Å². The Hall–Kier alpha value is -0.420. The molecule has 0 bridgehead atoms. The monoisotopic (exact) mass is 234 g/mol. The van der Waals surface area contributed by atoms with Gasteiger partial charge in [0.1, 0.15) is 0 Å². The van der Waals surface area contributed by atoms with Gasteiger partial charge < -0.3 is 4.74 Å². The average molecular weight is 235 g/mol. The zero-order chi connectivity index (χ0) is 8.10. The smallest absolute Gasteiger partial charge is 0.294 e. The average Bonchev–Trinajstić information content (AvgIpc) is 2.37. The summed E-state index contributed by atoms with van der Waals surface area (Å²) in [5.41, 5.74) is 0. The molecule has 11 heavy (non-hydrogen) atoms. The van der Waals surface area contributed by atoms with Gasteiger partial charge in [-0.25, -0.2) is 0 Å². The summed E-state index contributed by atoms with van der Waals surface area (Å²) in [6.45, 7) is 4.19. The second-order valence-electron chi connectivity index (χ2n) is 1.75. The molecule has 0 spiro atoms. The Kier molecular flexibility index (Phi) is 3.51. The quantitative estimate of drug-likeness (QED) is 0.593. The molecule has 3 nitrogen and oxygen atoms in total. The number of hydrogen-bond acceptors (Lipinski definition) is 4. The van der Waals surface area contributed by atoms with Crippen LogP contribution in [0.4, 0.5) is 0 Å². The van der Waals surface area contributed by atoms with Crippen molar-refractivity contribution in [3.63, 3.8) is 0 Å². The molecule has 0 aliphatic carbocycles. The molecule has 60 valence electrons. The van der Waals surface area contributed by atoms with Gasteiger partial charge in [0.2, 0.25) is 0 Å². The van der Waals surface area contributed by atoms with Gasteiger partial charge in [0.25, 0.3) is 5.19 Å². The number of halogens is 1. The number of nitrogens with zero attached hydrogens (tertiary/aromatic N) is 2. The largest absolute Gasteiger partial charge is 0.469 e. The molecule has 0 fully saturated rings. The van der Waals surface area contributed by atoms with Crippen molar-refractivity contribution in [2.24, 2.45) is 0 Å². The topological polar surface area (TPSA) is 35.0 Å². The van der Waals surface area contributed by atoms with Crippen molar-refractivity contribution in [1.29, 1.82) is 0 Å². The molecule has 1 heterocycles. The van der Waals surface area contributed by atoms with Crippen molar-refractivity contribution in [2.75, 3.05) is 6.61 Å².